The lowest BCUT2D eigenvalue weighted by Gasteiger charge is -2.07. The topological polar surface area (TPSA) is 26.3 Å². The number of rotatable bonds is 4. The highest BCUT2D eigenvalue weighted by atomic mass is 16.5. The molecule has 0 fully saturated rings. The lowest BCUT2D eigenvalue weighted by molar-refractivity contribution is -0.127. The van der Waals surface area contributed by atoms with Crippen molar-refractivity contribution in [3.63, 3.8) is 0 Å². The van der Waals surface area contributed by atoms with Crippen molar-refractivity contribution in [1.29, 1.82) is 0 Å². The second-order valence-corrected chi connectivity index (χ2v) is 1.85. The minimum Gasteiger partial charge on any atom is -0.362 e. The third-order valence-electron chi connectivity index (χ3n) is 1.24. The smallest absolute Gasteiger partial charge is 0.161 e. The second kappa shape index (κ2) is 4.50. The highest BCUT2D eigenvalue weighted by Gasteiger charge is 2.11. The summed E-state index contributed by atoms with van der Waals surface area (Å²) >= 11 is 0. The molecule has 1 atom stereocenters. The molecule has 0 bridgehead atoms. The number of ketones is 1. The number of carbonyl (C=O) groups excluding carboxylic acids is 1. The molecule has 0 aromatic rings. The van der Waals surface area contributed by atoms with Gasteiger partial charge in [-0.3, -0.25) is 4.79 Å². The fourth-order valence-electron chi connectivity index (χ4n) is 0.627. The van der Waals surface area contributed by atoms with Crippen LogP contribution in [0.25, 0.3) is 0 Å². The molecule has 0 amide bonds. The Balaban J connectivity index is 3.64. The van der Waals surface area contributed by atoms with Crippen LogP contribution in [0.15, 0.2) is 0 Å². The Kier molecular flexibility index (Phi) is 4.32. The second-order valence-electron chi connectivity index (χ2n) is 1.85. The molecule has 1 unspecified atom stereocenters. The summed E-state index contributed by atoms with van der Waals surface area (Å²) in [6.07, 6.45) is 0.758. The van der Waals surface area contributed by atoms with Crippen molar-refractivity contribution in [1.82, 2.24) is 0 Å². The molecule has 0 heterocycles. The molecule has 0 aliphatic rings. The van der Waals surface area contributed by atoms with E-state index >= 15 is 0 Å². The van der Waals surface area contributed by atoms with E-state index in [1.165, 1.54) is 0 Å². The average molecular weight is 128 g/mol. The van der Waals surface area contributed by atoms with E-state index < -0.39 is 6.10 Å². The molecular formula is C7H12O2. The molecule has 2 nitrogen and oxygen atoms in total. The van der Waals surface area contributed by atoms with E-state index in [4.69, 9.17) is 7.11 Å². The molecule has 9 heavy (non-hydrogen) atoms. The van der Waals surface area contributed by atoms with Crippen LogP contribution in [0.4, 0.5) is 0 Å². The number of carbonyl (C=O) groups is 1. The minimum atomic E-state index is -0.394. The third-order valence-corrected chi connectivity index (χ3v) is 1.24. The van der Waals surface area contributed by atoms with E-state index in [0.717, 1.165) is 0 Å². The van der Waals surface area contributed by atoms with Gasteiger partial charge in [-0.25, -0.2) is 0 Å². The number of ether oxygens (including phenoxy) is 1. The molecule has 0 aliphatic heterocycles. The molecule has 52 valence electrons. The quantitative estimate of drug-likeness (QED) is 0.572. The van der Waals surface area contributed by atoms with Gasteiger partial charge >= 0.3 is 0 Å². The van der Waals surface area contributed by atoms with Crippen molar-refractivity contribution in [3.8, 4) is 0 Å². The molecule has 0 saturated heterocycles. The standard InChI is InChI=1S/C7H12O2/c1-4-6(8)7(5-2)9-3/h3,7H,4-5H2,1-2H3. The summed E-state index contributed by atoms with van der Waals surface area (Å²) in [7, 11) is 4.84. The van der Waals surface area contributed by atoms with Crippen molar-refractivity contribution in [2.45, 2.75) is 32.8 Å². The van der Waals surface area contributed by atoms with Crippen LogP contribution < -0.4 is 0 Å². The van der Waals surface area contributed by atoms with Crippen LogP contribution in [0.3, 0.4) is 0 Å². The van der Waals surface area contributed by atoms with E-state index in [1.54, 1.807) is 6.92 Å². The zero-order valence-corrected chi connectivity index (χ0v) is 5.89. The Bertz CT molecular complexity index is 84.9. The zero-order chi connectivity index (χ0) is 7.28. The first-order valence-corrected chi connectivity index (χ1v) is 3.14. The first kappa shape index (κ1) is 8.63. The molecule has 2 radical (unpaired) electrons. The Morgan fingerprint density at radius 1 is 1.67 bits per heavy atom. The van der Waals surface area contributed by atoms with Crippen molar-refractivity contribution >= 4 is 5.78 Å². The van der Waals surface area contributed by atoms with Gasteiger partial charge in [0.1, 0.15) is 13.2 Å². The molecule has 0 saturated carbocycles. The number of Topliss-reactive ketones (excluding diaryl/α,β-unsaturated/α-hetero) is 1. The van der Waals surface area contributed by atoms with Gasteiger partial charge in [0.05, 0.1) is 0 Å². The van der Waals surface area contributed by atoms with Crippen LogP contribution in [-0.4, -0.2) is 11.9 Å². The average Bonchev–Trinajstić information content (AvgIpc) is 1.90. The van der Waals surface area contributed by atoms with Gasteiger partial charge < -0.3 is 4.74 Å². The highest BCUT2D eigenvalue weighted by molar-refractivity contribution is 5.82. The lowest BCUT2D eigenvalue weighted by Crippen LogP contribution is -2.19. The maximum absolute atomic E-state index is 10.8. The van der Waals surface area contributed by atoms with Gasteiger partial charge in [0.2, 0.25) is 0 Å². The molecule has 0 rings (SSSR count). The number of hydrogen-bond donors (Lipinski definition) is 0. The van der Waals surface area contributed by atoms with Gasteiger partial charge in [0, 0.05) is 6.42 Å². The van der Waals surface area contributed by atoms with Crippen LogP contribution in [0.1, 0.15) is 26.7 Å². The van der Waals surface area contributed by atoms with Crippen LogP contribution in [0.5, 0.6) is 0 Å². The SMILES string of the molecule is [CH]OC(CC)C(=O)CC. The normalized spacial score (nSPS) is 13.2. The van der Waals surface area contributed by atoms with Gasteiger partial charge in [-0.2, -0.15) is 0 Å². The van der Waals surface area contributed by atoms with Crippen molar-refractivity contribution in [3.05, 3.63) is 7.11 Å². The van der Waals surface area contributed by atoms with Crippen LogP contribution in [-0.2, 0) is 9.53 Å². The molecule has 0 aliphatic carbocycles. The van der Waals surface area contributed by atoms with Gasteiger partial charge in [0.25, 0.3) is 0 Å². The Morgan fingerprint density at radius 3 is 2.33 bits per heavy atom. The fourth-order valence-corrected chi connectivity index (χ4v) is 0.627. The summed E-state index contributed by atoms with van der Waals surface area (Å²) in [6.45, 7) is 3.66. The molecule has 2 heteroatoms. The lowest BCUT2D eigenvalue weighted by atomic mass is 10.1. The van der Waals surface area contributed by atoms with E-state index in [9.17, 15) is 4.79 Å². The molecular weight excluding hydrogens is 116 g/mol. The Morgan fingerprint density at radius 2 is 2.22 bits per heavy atom. The predicted molar refractivity (Wildman–Crippen MR) is 34.8 cm³/mol. The van der Waals surface area contributed by atoms with E-state index in [0.29, 0.717) is 12.8 Å². The van der Waals surface area contributed by atoms with Crippen molar-refractivity contribution in [2.75, 3.05) is 0 Å². The van der Waals surface area contributed by atoms with Crippen molar-refractivity contribution in [2.24, 2.45) is 0 Å². The zero-order valence-electron chi connectivity index (χ0n) is 5.89. The molecule has 0 aromatic carbocycles. The summed E-state index contributed by atoms with van der Waals surface area (Å²) < 4.78 is 4.40. The Hall–Kier alpha value is -0.370. The van der Waals surface area contributed by atoms with Crippen LogP contribution >= 0.6 is 0 Å². The first-order chi connectivity index (χ1) is 4.26. The van der Waals surface area contributed by atoms with Gasteiger partial charge in [-0.05, 0) is 6.42 Å². The summed E-state index contributed by atoms with van der Waals surface area (Å²) in [4.78, 5) is 10.8. The predicted octanol–water partition coefficient (Wildman–Crippen LogP) is 1.43. The largest absolute Gasteiger partial charge is 0.362 e. The fraction of sp³-hybridized carbons (Fsp3) is 0.714. The van der Waals surface area contributed by atoms with Gasteiger partial charge in [-0.1, -0.05) is 13.8 Å². The summed E-state index contributed by atoms with van der Waals surface area (Å²) in [5.41, 5.74) is 0. The summed E-state index contributed by atoms with van der Waals surface area (Å²) in [6, 6.07) is 0. The molecule has 0 spiro atoms. The summed E-state index contributed by atoms with van der Waals surface area (Å²) in [5.74, 6) is 0.0694. The maximum Gasteiger partial charge on any atom is 0.161 e. The van der Waals surface area contributed by atoms with Gasteiger partial charge in [0.15, 0.2) is 5.78 Å². The Labute approximate surface area is 56.2 Å². The monoisotopic (exact) mass is 128 g/mol. The van der Waals surface area contributed by atoms with E-state index in [1.807, 2.05) is 6.92 Å². The van der Waals surface area contributed by atoms with E-state index in [2.05, 4.69) is 4.74 Å². The van der Waals surface area contributed by atoms with E-state index in [-0.39, 0.29) is 5.78 Å². The van der Waals surface area contributed by atoms with Crippen LogP contribution in [0.2, 0.25) is 0 Å². The molecule has 0 N–H and O–H groups in total. The first-order valence-electron chi connectivity index (χ1n) is 3.14. The van der Waals surface area contributed by atoms with Gasteiger partial charge in [-0.15, -0.1) is 0 Å². The third kappa shape index (κ3) is 2.61. The highest BCUT2D eigenvalue weighted by Crippen LogP contribution is 2.00. The number of hydrogen-bond acceptors (Lipinski definition) is 2. The van der Waals surface area contributed by atoms with Crippen molar-refractivity contribution < 1.29 is 9.53 Å². The molecule has 0 aromatic heterocycles. The minimum absolute atomic E-state index is 0.0694. The summed E-state index contributed by atoms with van der Waals surface area (Å²) in [5, 5.41) is 0. The van der Waals surface area contributed by atoms with Crippen LogP contribution in [0, 0.1) is 7.11 Å². The maximum atomic E-state index is 10.8.